The predicted molar refractivity (Wildman–Crippen MR) is 90.9 cm³/mol. The Labute approximate surface area is 138 Å². The smallest absolute Gasteiger partial charge is 0.411 e. The first kappa shape index (κ1) is 18.7. The van der Waals surface area contributed by atoms with E-state index in [9.17, 15) is 9.59 Å². The second-order valence-corrected chi connectivity index (χ2v) is 5.39. The molecule has 0 fully saturated rings. The van der Waals surface area contributed by atoms with E-state index in [0.717, 1.165) is 12.0 Å². The number of aryl methyl sites for hydroxylation is 1. The van der Waals surface area contributed by atoms with Crippen LogP contribution in [0, 0.1) is 6.92 Å². The van der Waals surface area contributed by atoms with E-state index in [2.05, 4.69) is 10.6 Å². The molecule has 1 rings (SSSR count). The Bertz CT molecular complexity index is 550. The van der Waals surface area contributed by atoms with Crippen LogP contribution in [0.4, 0.5) is 4.79 Å². The minimum absolute atomic E-state index is 0.156. The molecule has 0 heterocycles. The summed E-state index contributed by atoms with van der Waals surface area (Å²) in [7, 11) is 0. The molecule has 2 amide bonds. The summed E-state index contributed by atoms with van der Waals surface area (Å²) in [5, 5.41) is 5.39. The fourth-order valence-electron chi connectivity index (χ4n) is 1.96. The normalized spacial score (nSPS) is 12.4. The van der Waals surface area contributed by atoms with E-state index in [-0.39, 0.29) is 17.6 Å². The Balaban J connectivity index is 2.68. The van der Waals surface area contributed by atoms with Gasteiger partial charge >= 0.3 is 6.09 Å². The molecule has 1 aromatic carbocycles. The topological polar surface area (TPSA) is 67.4 Å². The van der Waals surface area contributed by atoms with Gasteiger partial charge in [0.05, 0.1) is 12.6 Å². The lowest BCUT2D eigenvalue weighted by molar-refractivity contribution is -0.118. The molecule has 1 aromatic rings. The lowest BCUT2D eigenvalue weighted by atomic mass is 10.1. The minimum atomic E-state index is -0.607. The first-order chi connectivity index (χ1) is 11.0. The van der Waals surface area contributed by atoms with E-state index < -0.39 is 6.09 Å². The molecule has 0 aliphatic heterocycles. The van der Waals surface area contributed by atoms with E-state index in [1.807, 2.05) is 52.0 Å². The molecule has 0 aliphatic carbocycles. The van der Waals surface area contributed by atoms with Crippen LogP contribution in [0.2, 0.25) is 0 Å². The SMILES string of the molecule is CC/C=C(\NC(=O)OCCC)C(=O)NC(C)c1ccc(C)cc1. The van der Waals surface area contributed by atoms with Crippen molar-refractivity contribution in [1.82, 2.24) is 10.6 Å². The third kappa shape index (κ3) is 6.55. The molecule has 0 saturated carbocycles. The highest BCUT2D eigenvalue weighted by Crippen LogP contribution is 2.13. The summed E-state index contributed by atoms with van der Waals surface area (Å²) in [6, 6.07) is 7.80. The standard InChI is InChI=1S/C18H26N2O3/c1-5-7-16(20-18(22)23-12-6-2)17(21)19-14(4)15-10-8-13(3)9-11-15/h7-11,14H,5-6,12H2,1-4H3,(H,19,21)(H,20,22)/b16-7-. The average molecular weight is 318 g/mol. The summed E-state index contributed by atoms with van der Waals surface area (Å²) < 4.78 is 4.95. The van der Waals surface area contributed by atoms with Gasteiger partial charge in [-0.25, -0.2) is 4.79 Å². The van der Waals surface area contributed by atoms with Crippen LogP contribution < -0.4 is 10.6 Å². The van der Waals surface area contributed by atoms with E-state index >= 15 is 0 Å². The van der Waals surface area contributed by atoms with Crippen molar-refractivity contribution in [2.75, 3.05) is 6.61 Å². The largest absolute Gasteiger partial charge is 0.449 e. The zero-order chi connectivity index (χ0) is 17.2. The third-order valence-corrected chi connectivity index (χ3v) is 3.25. The molecule has 1 unspecified atom stereocenters. The van der Waals surface area contributed by atoms with Gasteiger partial charge in [0.1, 0.15) is 5.70 Å². The van der Waals surface area contributed by atoms with Crippen LogP contribution in [0.1, 0.15) is 50.8 Å². The number of rotatable bonds is 7. The number of alkyl carbamates (subject to hydrolysis) is 1. The van der Waals surface area contributed by atoms with Crippen molar-refractivity contribution in [1.29, 1.82) is 0 Å². The van der Waals surface area contributed by atoms with Crippen LogP contribution in [0.3, 0.4) is 0 Å². The number of carbonyl (C=O) groups excluding carboxylic acids is 2. The fourth-order valence-corrected chi connectivity index (χ4v) is 1.96. The maximum Gasteiger partial charge on any atom is 0.411 e. The van der Waals surface area contributed by atoms with E-state index in [0.29, 0.717) is 13.0 Å². The lowest BCUT2D eigenvalue weighted by Gasteiger charge is -2.16. The maximum absolute atomic E-state index is 12.3. The van der Waals surface area contributed by atoms with Crippen LogP contribution in [0.15, 0.2) is 36.0 Å². The molecule has 0 spiro atoms. The van der Waals surface area contributed by atoms with Gasteiger partial charge in [-0.3, -0.25) is 10.1 Å². The Morgan fingerprint density at radius 1 is 1.22 bits per heavy atom. The van der Waals surface area contributed by atoms with Gasteiger partial charge in [-0.05, 0) is 32.3 Å². The van der Waals surface area contributed by atoms with Crippen LogP contribution in [0.5, 0.6) is 0 Å². The molecule has 0 saturated heterocycles. The second-order valence-electron chi connectivity index (χ2n) is 5.39. The van der Waals surface area contributed by atoms with Gasteiger partial charge in [-0.2, -0.15) is 0 Å². The van der Waals surface area contributed by atoms with E-state index in [1.165, 1.54) is 5.56 Å². The van der Waals surface area contributed by atoms with Crippen molar-refractivity contribution in [3.05, 3.63) is 47.2 Å². The van der Waals surface area contributed by atoms with Crippen molar-refractivity contribution in [3.63, 3.8) is 0 Å². The number of hydrogen-bond donors (Lipinski definition) is 2. The average Bonchev–Trinajstić information content (AvgIpc) is 2.53. The zero-order valence-electron chi connectivity index (χ0n) is 14.3. The van der Waals surface area contributed by atoms with Gasteiger partial charge in [0.15, 0.2) is 0 Å². The summed E-state index contributed by atoms with van der Waals surface area (Å²) in [5.74, 6) is -0.326. The molecule has 0 bridgehead atoms. The fraction of sp³-hybridized carbons (Fsp3) is 0.444. The quantitative estimate of drug-likeness (QED) is 0.755. The van der Waals surface area contributed by atoms with Crippen LogP contribution in [-0.4, -0.2) is 18.6 Å². The highest BCUT2D eigenvalue weighted by Gasteiger charge is 2.16. The maximum atomic E-state index is 12.3. The van der Waals surface area contributed by atoms with Gasteiger partial charge < -0.3 is 10.1 Å². The number of hydrogen-bond acceptors (Lipinski definition) is 3. The number of allylic oxidation sites excluding steroid dienone is 1. The highest BCUT2D eigenvalue weighted by atomic mass is 16.5. The summed E-state index contributed by atoms with van der Waals surface area (Å²) in [6.45, 7) is 8.05. The molecule has 5 heteroatoms. The molecule has 0 radical (unpaired) electrons. The Kier molecular flexibility index (Phi) is 7.88. The molecule has 126 valence electrons. The first-order valence-electron chi connectivity index (χ1n) is 7.99. The number of benzene rings is 1. The van der Waals surface area contributed by atoms with Crippen molar-refractivity contribution in [2.24, 2.45) is 0 Å². The predicted octanol–water partition coefficient (Wildman–Crippen LogP) is 3.60. The van der Waals surface area contributed by atoms with Crippen LogP contribution >= 0.6 is 0 Å². The minimum Gasteiger partial charge on any atom is -0.449 e. The van der Waals surface area contributed by atoms with Crippen LogP contribution in [-0.2, 0) is 9.53 Å². The van der Waals surface area contributed by atoms with Crippen molar-refractivity contribution in [3.8, 4) is 0 Å². The molecular weight excluding hydrogens is 292 g/mol. The summed E-state index contributed by atoms with van der Waals surface area (Å²) >= 11 is 0. The number of nitrogens with one attached hydrogen (secondary N) is 2. The van der Waals surface area contributed by atoms with Gasteiger partial charge in [0.25, 0.3) is 5.91 Å². The van der Waals surface area contributed by atoms with Gasteiger partial charge in [-0.15, -0.1) is 0 Å². The van der Waals surface area contributed by atoms with Crippen molar-refractivity contribution >= 4 is 12.0 Å². The highest BCUT2D eigenvalue weighted by molar-refractivity contribution is 5.96. The molecule has 2 N–H and O–H groups in total. The van der Waals surface area contributed by atoms with Gasteiger partial charge in [0.2, 0.25) is 0 Å². The molecular formula is C18H26N2O3. The summed E-state index contributed by atoms with van der Waals surface area (Å²) in [5.41, 5.74) is 2.39. The molecule has 0 aliphatic rings. The zero-order valence-corrected chi connectivity index (χ0v) is 14.3. The van der Waals surface area contributed by atoms with E-state index in [1.54, 1.807) is 6.08 Å². The van der Waals surface area contributed by atoms with Crippen molar-refractivity contribution in [2.45, 2.75) is 46.6 Å². The first-order valence-corrected chi connectivity index (χ1v) is 7.99. The monoisotopic (exact) mass is 318 g/mol. The summed E-state index contributed by atoms with van der Waals surface area (Å²) in [4.78, 5) is 24.0. The molecule has 1 atom stereocenters. The van der Waals surface area contributed by atoms with E-state index in [4.69, 9.17) is 4.74 Å². The number of amides is 2. The molecule has 5 nitrogen and oxygen atoms in total. The van der Waals surface area contributed by atoms with Gasteiger partial charge in [0, 0.05) is 0 Å². The third-order valence-electron chi connectivity index (χ3n) is 3.25. The number of carbonyl (C=O) groups is 2. The Hall–Kier alpha value is -2.30. The lowest BCUT2D eigenvalue weighted by Crippen LogP contribution is -2.36. The Morgan fingerprint density at radius 2 is 1.87 bits per heavy atom. The van der Waals surface area contributed by atoms with Crippen molar-refractivity contribution < 1.29 is 14.3 Å². The van der Waals surface area contributed by atoms with Crippen LogP contribution in [0.25, 0.3) is 0 Å². The number of ether oxygens (including phenoxy) is 1. The van der Waals surface area contributed by atoms with Gasteiger partial charge in [-0.1, -0.05) is 49.8 Å². The molecule has 23 heavy (non-hydrogen) atoms. The second kappa shape index (κ2) is 9.66. The Morgan fingerprint density at radius 3 is 2.43 bits per heavy atom. The molecule has 0 aromatic heterocycles. The summed E-state index contributed by atoms with van der Waals surface area (Å²) in [6.07, 6.45) is 2.43.